The van der Waals surface area contributed by atoms with E-state index in [1.54, 1.807) is 11.4 Å². The third-order valence-electron chi connectivity index (χ3n) is 2.37. The van der Waals surface area contributed by atoms with E-state index in [-0.39, 0.29) is 24.3 Å². The van der Waals surface area contributed by atoms with E-state index in [1.807, 2.05) is 0 Å². The van der Waals surface area contributed by atoms with E-state index >= 15 is 0 Å². The summed E-state index contributed by atoms with van der Waals surface area (Å²) in [6.07, 6.45) is 0.207. The summed E-state index contributed by atoms with van der Waals surface area (Å²) in [4.78, 5) is 27.1. The molecule has 0 spiro atoms. The molecule has 2 heterocycles. The van der Waals surface area contributed by atoms with Gasteiger partial charge in [-0.1, -0.05) is 11.8 Å². The monoisotopic (exact) mass is 302 g/mol. The van der Waals surface area contributed by atoms with E-state index in [9.17, 15) is 14.0 Å². The molecule has 0 unspecified atom stereocenters. The zero-order valence-electron chi connectivity index (χ0n) is 9.84. The largest absolute Gasteiger partial charge is 0.481 e. The van der Waals surface area contributed by atoms with Crippen LogP contribution in [0.4, 0.5) is 4.39 Å². The molecule has 0 aromatic carbocycles. The SMILES string of the molecule is O=C(O)CSc1nc2ccsc2c(=O)n1CCCF. The van der Waals surface area contributed by atoms with Crippen LogP contribution in [0.25, 0.3) is 10.2 Å². The van der Waals surface area contributed by atoms with Crippen LogP contribution >= 0.6 is 23.1 Å². The summed E-state index contributed by atoms with van der Waals surface area (Å²) in [5, 5.41) is 10.8. The van der Waals surface area contributed by atoms with Crippen molar-refractivity contribution >= 4 is 39.3 Å². The molecule has 19 heavy (non-hydrogen) atoms. The zero-order valence-corrected chi connectivity index (χ0v) is 11.5. The van der Waals surface area contributed by atoms with Crippen LogP contribution in [0.2, 0.25) is 0 Å². The number of rotatable bonds is 6. The lowest BCUT2D eigenvalue weighted by molar-refractivity contribution is -0.133. The Morgan fingerprint density at radius 2 is 2.37 bits per heavy atom. The molecule has 0 aliphatic heterocycles. The molecule has 0 saturated heterocycles. The fourth-order valence-electron chi connectivity index (χ4n) is 1.57. The number of thiophene rings is 1. The maximum Gasteiger partial charge on any atom is 0.313 e. The van der Waals surface area contributed by atoms with Gasteiger partial charge in [0, 0.05) is 6.54 Å². The lowest BCUT2D eigenvalue weighted by atomic mass is 10.4. The van der Waals surface area contributed by atoms with Crippen LogP contribution in [0.1, 0.15) is 6.42 Å². The standard InChI is InChI=1S/C11H11FN2O3S2/c12-3-1-4-14-10(17)9-7(2-5-18-9)13-11(14)19-6-8(15)16/h2,5H,1,3-4,6H2,(H,15,16). The fraction of sp³-hybridized carbons (Fsp3) is 0.364. The van der Waals surface area contributed by atoms with Gasteiger partial charge in [-0.05, 0) is 17.9 Å². The Morgan fingerprint density at radius 3 is 3.05 bits per heavy atom. The number of aromatic nitrogens is 2. The van der Waals surface area contributed by atoms with Gasteiger partial charge in [0.05, 0.1) is 17.9 Å². The summed E-state index contributed by atoms with van der Waals surface area (Å²) in [6, 6.07) is 1.71. The van der Waals surface area contributed by atoms with Gasteiger partial charge in [-0.25, -0.2) is 4.98 Å². The first kappa shape index (κ1) is 14.0. The summed E-state index contributed by atoms with van der Waals surface area (Å²) < 4.78 is 14.1. The van der Waals surface area contributed by atoms with E-state index in [4.69, 9.17) is 5.11 Å². The molecule has 102 valence electrons. The maximum absolute atomic E-state index is 12.3. The number of hydrogen-bond donors (Lipinski definition) is 1. The number of thioether (sulfide) groups is 1. The minimum absolute atomic E-state index is 0.183. The highest BCUT2D eigenvalue weighted by atomic mass is 32.2. The Balaban J connectivity index is 2.45. The molecule has 1 N–H and O–H groups in total. The Kier molecular flexibility index (Phi) is 4.54. The number of halogens is 1. The van der Waals surface area contributed by atoms with Gasteiger partial charge < -0.3 is 5.11 Å². The second-order valence-corrected chi connectivity index (χ2v) is 5.57. The number of nitrogens with zero attached hydrogens (tertiary/aromatic N) is 2. The summed E-state index contributed by atoms with van der Waals surface area (Å²) in [5.74, 6) is -1.17. The molecule has 8 heteroatoms. The fourth-order valence-corrected chi connectivity index (χ4v) is 3.10. The molecule has 2 rings (SSSR count). The van der Waals surface area contributed by atoms with E-state index in [2.05, 4.69) is 4.98 Å². The molecule has 0 aliphatic carbocycles. The number of carboxylic acids is 1. The summed E-state index contributed by atoms with van der Waals surface area (Å²) in [7, 11) is 0. The van der Waals surface area contributed by atoms with Gasteiger partial charge in [-0.3, -0.25) is 18.5 Å². The first-order valence-electron chi connectivity index (χ1n) is 5.52. The van der Waals surface area contributed by atoms with Crippen LogP contribution in [-0.4, -0.2) is 33.1 Å². The Bertz CT molecular complexity index is 653. The number of hydrogen-bond acceptors (Lipinski definition) is 5. The van der Waals surface area contributed by atoms with Crippen molar-refractivity contribution in [2.24, 2.45) is 0 Å². The number of carbonyl (C=O) groups is 1. The lowest BCUT2D eigenvalue weighted by Gasteiger charge is -2.10. The maximum atomic E-state index is 12.3. The van der Waals surface area contributed by atoms with Crippen molar-refractivity contribution in [3.63, 3.8) is 0 Å². The lowest BCUT2D eigenvalue weighted by Crippen LogP contribution is -2.23. The Hall–Kier alpha value is -1.41. The third kappa shape index (κ3) is 3.13. The van der Waals surface area contributed by atoms with Crippen molar-refractivity contribution in [2.45, 2.75) is 18.1 Å². The molecule has 0 aliphatic rings. The van der Waals surface area contributed by atoms with Crippen molar-refractivity contribution in [1.29, 1.82) is 0 Å². The smallest absolute Gasteiger partial charge is 0.313 e. The van der Waals surface area contributed by atoms with Crippen LogP contribution in [-0.2, 0) is 11.3 Å². The van der Waals surface area contributed by atoms with Crippen molar-refractivity contribution in [3.8, 4) is 0 Å². The second-order valence-electron chi connectivity index (χ2n) is 3.71. The van der Waals surface area contributed by atoms with Crippen molar-refractivity contribution in [2.75, 3.05) is 12.4 Å². The Morgan fingerprint density at radius 1 is 1.58 bits per heavy atom. The van der Waals surface area contributed by atoms with Crippen LogP contribution in [0.15, 0.2) is 21.4 Å². The number of fused-ring (bicyclic) bond motifs is 1. The molecule has 2 aromatic rings. The molecule has 0 bridgehead atoms. The van der Waals surface area contributed by atoms with Crippen molar-refractivity contribution in [1.82, 2.24) is 9.55 Å². The molecule has 0 saturated carbocycles. The molecule has 2 aromatic heterocycles. The topological polar surface area (TPSA) is 72.2 Å². The molecular weight excluding hydrogens is 291 g/mol. The van der Waals surface area contributed by atoms with Crippen LogP contribution < -0.4 is 5.56 Å². The van der Waals surface area contributed by atoms with Crippen molar-refractivity contribution < 1.29 is 14.3 Å². The third-order valence-corrected chi connectivity index (χ3v) is 4.22. The number of alkyl halides is 1. The normalized spacial score (nSPS) is 11.0. The molecule has 0 fully saturated rings. The minimum Gasteiger partial charge on any atom is -0.481 e. The predicted octanol–water partition coefficient (Wildman–Crippen LogP) is 1.99. The van der Waals surface area contributed by atoms with Crippen LogP contribution in [0, 0.1) is 0 Å². The molecule has 0 amide bonds. The zero-order chi connectivity index (χ0) is 13.8. The van der Waals surface area contributed by atoms with E-state index < -0.39 is 12.6 Å². The average Bonchev–Trinajstić information content (AvgIpc) is 2.84. The van der Waals surface area contributed by atoms with Gasteiger partial charge in [0.2, 0.25) is 0 Å². The molecule has 5 nitrogen and oxygen atoms in total. The van der Waals surface area contributed by atoms with Gasteiger partial charge in [0.1, 0.15) is 4.70 Å². The average molecular weight is 302 g/mol. The highest BCUT2D eigenvalue weighted by molar-refractivity contribution is 7.99. The summed E-state index contributed by atoms with van der Waals surface area (Å²) in [6.45, 7) is -0.323. The van der Waals surface area contributed by atoms with Crippen LogP contribution in [0.5, 0.6) is 0 Å². The number of aliphatic carboxylic acids is 1. The predicted molar refractivity (Wildman–Crippen MR) is 72.8 cm³/mol. The highest BCUT2D eigenvalue weighted by Gasteiger charge is 2.13. The van der Waals surface area contributed by atoms with Gasteiger partial charge in [-0.15, -0.1) is 11.3 Å². The van der Waals surface area contributed by atoms with Gasteiger partial charge in [0.15, 0.2) is 5.16 Å². The molecule has 0 atom stereocenters. The van der Waals surface area contributed by atoms with Gasteiger partial charge in [0.25, 0.3) is 5.56 Å². The summed E-state index contributed by atoms with van der Waals surface area (Å²) >= 11 is 2.25. The highest BCUT2D eigenvalue weighted by Crippen LogP contribution is 2.20. The number of carboxylic acid groups (broad SMARTS) is 1. The van der Waals surface area contributed by atoms with Crippen molar-refractivity contribution in [3.05, 3.63) is 21.8 Å². The second kappa shape index (κ2) is 6.16. The molecular formula is C11H11FN2O3S2. The van der Waals surface area contributed by atoms with Crippen LogP contribution in [0.3, 0.4) is 0 Å². The van der Waals surface area contributed by atoms with Gasteiger partial charge in [-0.2, -0.15) is 0 Å². The quantitative estimate of drug-likeness (QED) is 0.652. The van der Waals surface area contributed by atoms with Gasteiger partial charge >= 0.3 is 5.97 Å². The first-order chi connectivity index (χ1) is 9.13. The first-order valence-corrected chi connectivity index (χ1v) is 7.38. The van der Waals surface area contributed by atoms with E-state index in [0.717, 1.165) is 11.8 Å². The van der Waals surface area contributed by atoms with E-state index in [0.29, 0.717) is 15.4 Å². The van der Waals surface area contributed by atoms with E-state index in [1.165, 1.54) is 15.9 Å². The summed E-state index contributed by atoms with van der Waals surface area (Å²) in [5.41, 5.74) is 0.320. The minimum atomic E-state index is -0.985. The Labute approximate surface area is 116 Å². The molecule has 0 radical (unpaired) electrons.